The molecule has 0 amide bonds. The second-order valence-corrected chi connectivity index (χ2v) is 0.944. The summed E-state index contributed by atoms with van der Waals surface area (Å²) in [5.74, 6) is 0. The van der Waals surface area contributed by atoms with E-state index < -0.39 is 6.16 Å². The fourth-order valence-corrected chi connectivity index (χ4v) is 0.141. The molecule has 0 aliphatic carbocycles. The van der Waals surface area contributed by atoms with Gasteiger partial charge < -0.3 is 4.74 Å². The van der Waals surface area contributed by atoms with Gasteiger partial charge in [-0.15, -0.1) is 0 Å². The molecular weight excluding hydrogens is 112 g/mol. The third-order valence-corrected chi connectivity index (χ3v) is 0.411. The van der Waals surface area contributed by atoms with Crippen LogP contribution in [0.25, 0.3) is 0 Å². The second kappa shape index (κ2) is 4.39. The van der Waals surface area contributed by atoms with Crippen LogP contribution in [0, 0.1) is 0 Å². The number of ether oxygens (including phenoxy) is 1. The van der Waals surface area contributed by atoms with Crippen LogP contribution in [0.5, 0.6) is 0 Å². The molecule has 0 aromatic carbocycles. The minimum absolute atomic E-state index is 0.328. The number of hydrogen-bond acceptors (Lipinski definition) is 4. The van der Waals surface area contributed by atoms with Crippen LogP contribution in [-0.4, -0.2) is 19.9 Å². The molecule has 0 bridgehead atoms. The summed E-state index contributed by atoms with van der Waals surface area (Å²) in [6.07, 6.45) is -0.827. The maximum atomic E-state index is 10.0. The van der Waals surface area contributed by atoms with E-state index in [0.717, 1.165) is 0 Å². The van der Waals surface area contributed by atoms with Crippen LogP contribution in [0.4, 0.5) is 4.79 Å². The van der Waals surface area contributed by atoms with Crippen LogP contribution in [-0.2, 0) is 14.5 Å². The minimum atomic E-state index is -0.827. The molecule has 0 aromatic heterocycles. The Hall–Kier alpha value is -0.770. The molecule has 0 radical (unpaired) electrons. The molecule has 0 aliphatic rings. The second-order valence-electron chi connectivity index (χ2n) is 0.944. The fourth-order valence-electron chi connectivity index (χ4n) is 0.141. The Kier molecular flexibility index (Phi) is 3.97. The van der Waals surface area contributed by atoms with Gasteiger partial charge in [-0.1, -0.05) is 0 Å². The minimum Gasteiger partial charge on any atom is -0.436 e. The van der Waals surface area contributed by atoms with E-state index >= 15 is 0 Å². The highest BCUT2D eigenvalue weighted by atomic mass is 17.2. The molecule has 0 atom stereocenters. The van der Waals surface area contributed by atoms with E-state index in [1.807, 2.05) is 0 Å². The molecule has 0 saturated heterocycles. The van der Waals surface area contributed by atoms with Crippen molar-refractivity contribution < 1.29 is 19.3 Å². The van der Waals surface area contributed by atoms with Gasteiger partial charge in [-0.3, -0.25) is 4.89 Å². The monoisotopic (exact) mass is 120 g/mol. The van der Waals surface area contributed by atoms with Crippen molar-refractivity contribution in [3.8, 4) is 0 Å². The standard InChI is InChI=1S/C4H8O4/c1-3-7-8-4(5)6-2/h3H2,1-2H3. The molecule has 0 aromatic rings. The third kappa shape index (κ3) is 3.42. The van der Waals surface area contributed by atoms with Crippen molar-refractivity contribution in [1.82, 2.24) is 0 Å². The maximum Gasteiger partial charge on any atom is 0.540 e. The summed E-state index contributed by atoms with van der Waals surface area (Å²) >= 11 is 0. The van der Waals surface area contributed by atoms with Gasteiger partial charge >= 0.3 is 6.16 Å². The van der Waals surface area contributed by atoms with Gasteiger partial charge in [0.25, 0.3) is 0 Å². The fraction of sp³-hybridized carbons (Fsp3) is 0.750. The van der Waals surface area contributed by atoms with Gasteiger partial charge in [0.1, 0.15) is 0 Å². The van der Waals surface area contributed by atoms with Crippen molar-refractivity contribution >= 4 is 6.16 Å². The number of carbonyl (C=O) groups excluding carboxylic acids is 1. The Balaban J connectivity index is 2.99. The third-order valence-electron chi connectivity index (χ3n) is 0.411. The summed E-state index contributed by atoms with van der Waals surface area (Å²) in [6, 6.07) is 0. The van der Waals surface area contributed by atoms with Crippen molar-refractivity contribution in [1.29, 1.82) is 0 Å². The Morgan fingerprint density at radius 3 is 2.62 bits per heavy atom. The summed E-state index contributed by atoms with van der Waals surface area (Å²) in [7, 11) is 1.21. The van der Waals surface area contributed by atoms with Crippen LogP contribution in [0.15, 0.2) is 0 Å². The van der Waals surface area contributed by atoms with Crippen LogP contribution in [0.3, 0.4) is 0 Å². The summed E-state index contributed by atoms with van der Waals surface area (Å²) in [6.45, 7) is 2.03. The first-order chi connectivity index (χ1) is 3.81. The van der Waals surface area contributed by atoms with Gasteiger partial charge in [-0.25, -0.2) is 4.79 Å². The lowest BCUT2D eigenvalue weighted by molar-refractivity contribution is -0.249. The Morgan fingerprint density at radius 2 is 2.25 bits per heavy atom. The van der Waals surface area contributed by atoms with Gasteiger partial charge in [0.2, 0.25) is 0 Å². The van der Waals surface area contributed by atoms with E-state index in [1.54, 1.807) is 6.92 Å². The summed E-state index contributed by atoms with van der Waals surface area (Å²) in [5.41, 5.74) is 0. The Labute approximate surface area is 47.3 Å². The molecule has 4 nitrogen and oxygen atoms in total. The highest BCUT2D eigenvalue weighted by molar-refractivity contribution is 5.58. The van der Waals surface area contributed by atoms with E-state index in [4.69, 9.17) is 0 Å². The van der Waals surface area contributed by atoms with Crippen molar-refractivity contribution in [2.75, 3.05) is 13.7 Å². The van der Waals surface area contributed by atoms with Crippen LogP contribution in [0.2, 0.25) is 0 Å². The molecule has 0 unspecified atom stereocenters. The molecule has 0 N–H and O–H groups in total. The van der Waals surface area contributed by atoms with Crippen LogP contribution >= 0.6 is 0 Å². The molecule has 0 heterocycles. The van der Waals surface area contributed by atoms with E-state index in [2.05, 4.69) is 14.5 Å². The molecule has 0 spiro atoms. The molecule has 0 fully saturated rings. The summed E-state index contributed by atoms with van der Waals surface area (Å²) in [5, 5.41) is 0. The molecule has 0 rings (SSSR count). The van der Waals surface area contributed by atoms with Crippen molar-refractivity contribution in [2.24, 2.45) is 0 Å². The number of methoxy groups -OCH3 is 1. The van der Waals surface area contributed by atoms with Crippen molar-refractivity contribution in [3.05, 3.63) is 0 Å². The quantitative estimate of drug-likeness (QED) is 0.306. The first kappa shape index (κ1) is 7.23. The molecule has 0 saturated carbocycles. The van der Waals surface area contributed by atoms with Crippen LogP contribution in [0.1, 0.15) is 6.92 Å². The zero-order valence-corrected chi connectivity index (χ0v) is 4.84. The zero-order valence-electron chi connectivity index (χ0n) is 4.84. The van der Waals surface area contributed by atoms with E-state index in [0.29, 0.717) is 6.61 Å². The number of carbonyl (C=O) groups is 1. The highest BCUT2D eigenvalue weighted by Gasteiger charge is 1.97. The molecule has 8 heavy (non-hydrogen) atoms. The largest absolute Gasteiger partial charge is 0.540 e. The van der Waals surface area contributed by atoms with Crippen LogP contribution < -0.4 is 0 Å². The van der Waals surface area contributed by atoms with Gasteiger partial charge in [0, 0.05) is 0 Å². The van der Waals surface area contributed by atoms with E-state index in [9.17, 15) is 4.79 Å². The average molecular weight is 120 g/mol. The topological polar surface area (TPSA) is 44.8 Å². The lowest BCUT2D eigenvalue weighted by Gasteiger charge is -1.96. The first-order valence-corrected chi connectivity index (χ1v) is 2.18. The lowest BCUT2D eigenvalue weighted by atomic mass is 10.9. The lowest BCUT2D eigenvalue weighted by Crippen LogP contribution is -2.04. The van der Waals surface area contributed by atoms with E-state index in [1.165, 1.54) is 7.11 Å². The SMILES string of the molecule is CCOOC(=O)OC. The van der Waals surface area contributed by atoms with Gasteiger partial charge in [-0.2, -0.15) is 4.89 Å². The maximum absolute atomic E-state index is 10.0. The Bertz CT molecular complexity index is 70.4. The normalized spacial score (nSPS) is 8.25. The van der Waals surface area contributed by atoms with Gasteiger partial charge in [0.05, 0.1) is 13.7 Å². The van der Waals surface area contributed by atoms with Crippen molar-refractivity contribution in [3.63, 3.8) is 0 Å². The molecule has 0 aliphatic heterocycles. The molecular formula is C4H8O4. The molecule has 4 heteroatoms. The first-order valence-electron chi connectivity index (χ1n) is 2.18. The highest BCUT2D eigenvalue weighted by Crippen LogP contribution is 1.81. The smallest absolute Gasteiger partial charge is 0.436 e. The van der Waals surface area contributed by atoms with E-state index in [-0.39, 0.29) is 0 Å². The molecule has 48 valence electrons. The predicted molar refractivity (Wildman–Crippen MR) is 25.1 cm³/mol. The van der Waals surface area contributed by atoms with Gasteiger partial charge in [-0.05, 0) is 6.92 Å². The Morgan fingerprint density at radius 1 is 1.62 bits per heavy atom. The number of hydrogen-bond donors (Lipinski definition) is 0. The summed E-state index contributed by atoms with van der Waals surface area (Å²) < 4.78 is 4.07. The van der Waals surface area contributed by atoms with Gasteiger partial charge in [0.15, 0.2) is 0 Å². The summed E-state index contributed by atoms with van der Waals surface area (Å²) in [4.78, 5) is 18.2. The van der Waals surface area contributed by atoms with Crippen molar-refractivity contribution in [2.45, 2.75) is 6.92 Å². The predicted octanol–water partition coefficient (Wildman–Crippen LogP) is 0.721. The number of rotatable bonds is 2. The average Bonchev–Trinajstić information content (AvgIpc) is 1.83. The zero-order chi connectivity index (χ0) is 6.41.